The highest BCUT2D eigenvalue weighted by molar-refractivity contribution is 5.90. The molecule has 0 bridgehead atoms. The van der Waals surface area contributed by atoms with Crippen molar-refractivity contribution in [1.29, 1.82) is 0 Å². The fraction of sp³-hybridized carbons (Fsp3) is 0.0667. The van der Waals surface area contributed by atoms with Gasteiger partial charge in [0.25, 0.3) is 0 Å². The van der Waals surface area contributed by atoms with Crippen LogP contribution in [0.4, 0.5) is 11.6 Å². The van der Waals surface area contributed by atoms with Crippen LogP contribution in [0.3, 0.4) is 0 Å². The van der Waals surface area contributed by atoms with Crippen LogP contribution in [0.2, 0.25) is 0 Å². The number of nitrogens with one attached hydrogen (secondary N) is 1. The van der Waals surface area contributed by atoms with Crippen molar-refractivity contribution in [1.82, 2.24) is 15.2 Å². The number of carboxylic acid groups (broad SMARTS) is 1. The minimum absolute atomic E-state index is 0.244. The van der Waals surface area contributed by atoms with Crippen molar-refractivity contribution in [3.63, 3.8) is 0 Å². The molecular weight excluding hydrogens is 268 g/mol. The summed E-state index contributed by atoms with van der Waals surface area (Å²) < 4.78 is 0. The predicted octanol–water partition coefficient (Wildman–Crippen LogP) is 2.78. The van der Waals surface area contributed by atoms with Crippen molar-refractivity contribution < 1.29 is 9.90 Å². The van der Waals surface area contributed by atoms with Crippen LogP contribution in [0.15, 0.2) is 42.5 Å². The normalized spacial score (nSPS) is 10.5. The largest absolute Gasteiger partial charge is 0.478 e. The quantitative estimate of drug-likeness (QED) is 0.767. The number of aromatic nitrogens is 3. The monoisotopic (exact) mass is 280 g/mol. The molecule has 21 heavy (non-hydrogen) atoms. The fourth-order valence-corrected chi connectivity index (χ4v) is 1.99. The van der Waals surface area contributed by atoms with E-state index in [4.69, 9.17) is 5.11 Å². The van der Waals surface area contributed by atoms with Gasteiger partial charge in [-0.25, -0.2) is 9.78 Å². The predicted molar refractivity (Wildman–Crippen MR) is 78.8 cm³/mol. The number of rotatable bonds is 3. The van der Waals surface area contributed by atoms with Gasteiger partial charge in [-0.3, -0.25) is 0 Å². The molecule has 0 radical (unpaired) electrons. The zero-order valence-corrected chi connectivity index (χ0v) is 11.2. The van der Waals surface area contributed by atoms with E-state index in [0.717, 1.165) is 5.52 Å². The van der Waals surface area contributed by atoms with Crippen molar-refractivity contribution in [2.75, 3.05) is 5.32 Å². The molecule has 0 saturated carbocycles. The molecule has 3 rings (SSSR count). The van der Waals surface area contributed by atoms with Gasteiger partial charge in [0.15, 0.2) is 0 Å². The summed E-state index contributed by atoms with van der Waals surface area (Å²) in [7, 11) is 0. The lowest BCUT2D eigenvalue weighted by Crippen LogP contribution is -2.03. The van der Waals surface area contributed by atoms with Gasteiger partial charge in [0.2, 0.25) is 5.95 Å². The number of fused-ring (bicyclic) bond motifs is 1. The SMILES string of the molecule is Cc1ccc(Nc2nnc3ccccc3n2)cc1C(=O)O. The highest BCUT2D eigenvalue weighted by atomic mass is 16.4. The molecule has 0 aliphatic heterocycles. The Balaban J connectivity index is 1.94. The van der Waals surface area contributed by atoms with Crippen LogP contribution in [0.5, 0.6) is 0 Å². The molecule has 0 saturated heterocycles. The highest BCUT2D eigenvalue weighted by Gasteiger charge is 2.09. The highest BCUT2D eigenvalue weighted by Crippen LogP contribution is 2.19. The van der Waals surface area contributed by atoms with Gasteiger partial charge in [0.1, 0.15) is 5.52 Å². The average molecular weight is 280 g/mol. The molecule has 1 heterocycles. The van der Waals surface area contributed by atoms with Crippen molar-refractivity contribution in [2.45, 2.75) is 6.92 Å². The summed E-state index contributed by atoms with van der Waals surface area (Å²) in [5.41, 5.74) is 2.98. The second kappa shape index (κ2) is 5.16. The molecule has 6 nitrogen and oxygen atoms in total. The lowest BCUT2D eigenvalue weighted by molar-refractivity contribution is 0.0696. The van der Waals surface area contributed by atoms with Crippen LogP contribution in [0.1, 0.15) is 15.9 Å². The molecule has 6 heteroatoms. The van der Waals surface area contributed by atoms with Crippen LogP contribution in [-0.2, 0) is 0 Å². The van der Waals surface area contributed by atoms with Crippen LogP contribution in [0, 0.1) is 6.92 Å². The Morgan fingerprint density at radius 1 is 1.10 bits per heavy atom. The zero-order chi connectivity index (χ0) is 14.8. The molecule has 0 atom stereocenters. The molecule has 0 aliphatic carbocycles. The first-order chi connectivity index (χ1) is 10.1. The molecule has 0 fully saturated rings. The average Bonchev–Trinajstić information content (AvgIpc) is 2.49. The summed E-state index contributed by atoms with van der Waals surface area (Å²) >= 11 is 0. The standard InChI is InChI=1S/C15H12N4O2/c1-9-6-7-10(8-11(9)14(20)21)16-15-17-12-4-2-3-5-13(12)18-19-15/h2-8H,1H3,(H,20,21)(H,16,17,19). The Kier molecular flexibility index (Phi) is 3.19. The van der Waals surface area contributed by atoms with Gasteiger partial charge < -0.3 is 10.4 Å². The van der Waals surface area contributed by atoms with E-state index < -0.39 is 5.97 Å². The van der Waals surface area contributed by atoms with Crippen molar-refractivity contribution in [2.24, 2.45) is 0 Å². The van der Waals surface area contributed by atoms with E-state index in [1.54, 1.807) is 25.1 Å². The number of para-hydroxylation sites is 1. The summed E-state index contributed by atoms with van der Waals surface area (Å²) in [5.74, 6) is -0.636. The second-order valence-corrected chi connectivity index (χ2v) is 4.58. The Morgan fingerprint density at radius 3 is 2.62 bits per heavy atom. The Hall–Kier alpha value is -3.02. The number of nitrogens with zero attached hydrogens (tertiary/aromatic N) is 3. The Bertz CT molecular complexity index is 833. The van der Waals surface area contributed by atoms with Crippen molar-refractivity contribution in [3.8, 4) is 0 Å². The molecule has 0 spiro atoms. The van der Waals surface area contributed by atoms with Gasteiger partial charge >= 0.3 is 5.97 Å². The van der Waals surface area contributed by atoms with E-state index in [0.29, 0.717) is 22.7 Å². The van der Waals surface area contributed by atoms with Gasteiger partial charge in [-0.2, -0.15) is 0 Å². The number of carbonyl (C=O) groups is 1. The van der Waals surface area contributed by atoms with E-state index in [2.05, 4.69) is 20.5 Å². The number of benzene rings is 2. The van der Waals surface area contributed by atoms with E-state index in [-0.39, 0.29) is 5.56 Å². The van der Waals surface area contributed by atoms with Gasteiger partial charge in [-0.1, -0.05) is 18.2 Å². The number of hydrogen-bond donors (Lipinski definition) is 2. The summed E-state index contributed by atoms with van der Waals surface area (Å²) in [5, 5.41) is 20.1. The third-order valence-electron chi connectivity index (χ3n) is 3.08. The van der Waals surface area contributed by atoms with Gasteiger partial charge in [-0.15, -0.1) is 10.2 Å². The molecule has 0 unspecified atom stereocenters. The van der Waals surface area contributed by atoms with Crippen LogP contribution in [0.25, 0.3) is 11.0 Å². The molecule has 2 aromatic carbocycles. The van der Waals surface area contributed by atoms with Crippen LogP contribution < -0.4 is 5.32 Å². The first kappa shape index (κ1) is 13.0. The number of anilines is 2. The van der Waals surface area contributed by atoms with Crippen molar-refractivity contribution in [3.05, 3.63) is 53.6 Å². The summed E-state index contributed by atoms with van der Waals surface area (Å²) in [6.45, 7) is 1.75. The molecule has 104 valence electrons. The van der Waals surface area contributed by atoms with E-state index in [9.17, 15) is 4.79 Å². The third-order valence-corrected chi connectivity index (χ3v) is 3.08. The van der Waals surface area contributed by atoms with Gasteiger partial charge in [0, 0.05) is 5.69 Å². The molecule has 2 N–H and O–H groups in total. The Morgan fingerprint density at radius 2 is 1.86 bits per heavy atom. The first-order valence-electron chi connectivity index (χ1n) is 6.34. The van der Waals surface area contributed by atoms with Crippen LogP contribution >= 0.6 is 0 Å². The number of aromatic carboxylic acids is 1. The minimum Gasteiger partial charge on any atom is -0.478 e. The number of carboxylic acids is 1. The lowest BCUT2D eigenvalue weighted by atomic mass is 10.1. The number of aryl methyl sites for hydroxylation is 1. The van der Waals surface area contributed by atoms with Crippen LogP contribution in [-0.4, -0.2) is 26.3 Å². The summed E-state index contributed by atoms with van der Waals surface area (Å²) in [6.07, 6.45) is 0. The van der Waals surface area contributed by atoms with Gasteiger partial charge in [0.05, 0.1) is 11.1 Å². The molecular formula is C15H12N4O2. The molecule has 0 amide bonds. The maximum atomic E-state index is 11.1. The topological polar surface area (TPSA) is 88.0 Å². The first-order valence-corrected chi connectivity index (χ1v) is 6.34. The van der Waals surface area contributed by atoms with Crippen molar-refractivity contribution >= 4 is 28.6 Å². The fourth-order valence-electron chi connectivity index (χ4n) is 1.99. The zero-order valence-electron chi connectivity index (χ0n) is 11.2. The maximum absolute atomic E-state index is 11.1. The molecule has 3 aromatic rings. The summed E-state index contributed by atoms with van der Waals surface area (Å²) in [6, 6.07) is 12.5. The smallest absolute Gasteiger partial charge is 0.336 e. The van der Waals surface area contributed by atoms with Gasteiger partial charge in [-0.05, 0) is 36.8 Å². The second-order valence-electron chi connectivity index (χ2n) is 4.58. The Labute approximate surface area is 120 Å². The molecule has 0 aliphatic rings. The van der Waals surface area contributed by atoms with E-state index >= 15 is 0 Å². The number of hydrogen-bond acceptors (Lipinski definition) is 5. The lowest BCUT2D eigenvalue weighted by Gasteiger charge is -2.07. The van der Waals surface area contributed by atoms with E-state index in [1.807, 2.05) is 24.3 Å². The summed E-state index contributed by atoms with van der Waals surface area (Å²) in [4.78, 5) is 15.5. The third kappa shape index (κ3) is 2.64. The maximum Gasteiger partial charge on any atom is 0.336 e. The minimum atomic E-state index is -0.964. The van der Waals surface area contributed by atoms with E-state index in [1.165, 1.54) is 0 Å². The molecule has 1 aromatic heterocycles.